The molecule has 0 fully saturated rings. The summed E-state index contributed by atoms with van der Waals surface area (Å²) < 4.78 is 0. The summed E-state index contributed by atoms with van der Waals surface area (Å²) in [4.78, 5) is 0. The standard InChI is InChI=1S/C9H11Cl2N/c1-2-3-7-8(10)4-6(12)5-9(7)11/h4-5H,2-3,12H2,1H3. The summed E-state index contributed by atoms with van der Waals surface area (Å²) >= 11 is 11.9. The van der Waals surface area contributed by atoms with Gasteiger partial charge in [0.1, 0.15) is 0 Å². The number of hydrogen-bond acceptors (Lipinski definition) is 1. The monoisotopic (exact) mass is 203 g/mol. The molecule has 0 aliphatic carbocycles. The number of anilines is 1. The molecule has 0 heterocycles. The number of halogens is 2. The van der Waals surface area contributed by atoms with Crippen LogP contribution in [0.1, 0.15) is 18.9 Å². The Bertz CT molecular complexity index is 261. The fourth-order valence-electron chi connectivity index (χ4n) is 1.11. The molecular weight excluding hydrogens is 193 g/mol. The largest absolute Gasteiger partial charge is 0.399 e. The molecule has 0 unspecified atom stereocenters. The van der Waals surface area contributed by atoms with Crippen LogP contribution >= 0.6 is 23.2 Å². The minimum Gasteiger partial charge on any atom is -0.399 e. The smallest absolute Gasteiger partial charge is 0.0473 e. The molecule has 0 spiro atoms. The van der Waals surface area contributed by atoms with E-state index in [1.54, 1.807) is 12.1 Å². The van der Waals surface area contributed by atoms with Crippen molar-refractivity contribution in [2.45, 2.75) is 19.8 Å². The first-order valence-corrected chi connectivity index (χ1v) is 4.64. The highest BCUT2D eigenvalue weighted by molar-refractivity contribution is 6.36. The summed E-state index contributed by atoms with van der Waals surface area (Å²) in [6, 6.07) is 3.47. The topological polar surface area (TPSA) is 26.0 Å². The molecule has 0 bridgehead atoms. The lowest BCUT2D eigenvalue weighted by Gasteiger charge is -2.06. The van der Waals surface area contributed by atoms with Gasteiger partial charge >= 0.3 is 0 Å². The van der Waals surface area contributed by atoms with Gasteiger partial charge in [0.2, 0.25) is 0 Å². The van der Waals surface area contributed by atoms with Crippen LogP contribution in [0.15, 0.2) is 12.1 Å². The Kier molecular flexibility index (Phi) is 3.24. The SMILES string of the molecule is CCCc1c(Cl)cc(N)cc1Cl. The van der Waals surface area contributed by atoms with E-state index in [0.717, 1.165) is 18.4 Å². The molecule has 1 aromatic rings. The molecule has 1 rings (SSSR count). The fraction of sp³-hybridized carbons (Fsp3) is 0.333. The first-order chi connectivity index (χ1) is 5.65. The van der Waals surface area contributed by atoms with E-state index in [4.69, 9.17) is 28.9 Å². The van der Waals surface area contributed by atoms with E-state index in [0.29, 0.717) is 15.7 Å². The van der Waals surface area contributed by atoms with Crippen molar-refractivity contribution in [3.63, 3.8) is 0 Å². The molecule has 12 heavy (non-hydrogen) atoms. The van der Waals surface area contributed by atoms with Crippen LogP contribution in [0.25, 0.3) is 0 Å². The number of nitrogen functional groups attached to an aromatic ring is 1. The van der Waals surface area contributed by atoms with Gasteiger partial charge in [0.05, 0.1) is 0 Å². The summed E-state index contributed by atoms with van der Waals surface area (Å²) in [6.45, 7) is 2.09. The van der Waals surface area contributed by atoms with Gasteiger partial charge in [0.25, 0.3) is 0 Å². The first-order valence-electron chi connectivity index (χ1n) is 3.88. The molecule has 0 aliphatic heterocycles. The molecule has 0 aromatic heterocycles. The molecule has 0 atom stereocenters. The number of rotatable bonds is 2. The van der Waals surface area contributed by atoms with Crippen molar-refractivity contribution in [2.75, 3.05) is 5.73 Å². The highest BCUT2D eigenvalue weighted by Gasteiger charge is 2.05. The van der Waals surface area contributed by atoms with Crippen LogP contribution in [0, 0.1) is 0 Å². The maximum Gasteiger partial charge on any atom is 0.0473 e. The van der Waals surface area contributed by atoms with E-state index in [-0.39, 0.29) is 0 Å². The van der Waals surface area contributed by atoms with Gasteiger partial charge in [-0.25, -0.2) is 0 Å². The Labute approximate surface area is 82.5 Å². The molecule has 0 aliphatic rings. The molecule has 2 N–H and O–H groups in total. The van der Waals surface area contributed by atoms with Crippen molar-refractivity contribution in [1.29, 1.82) is 0 Å². The van der Waals surface area contributed by atoms with E-state index < -0.39 is 0 Å². The van der Waals surface area contributed by atoms with Gasteiger partial charge in [-0.1, -0.05) is 36.5 Å². The third-order valence-electron chi connectivity index (χ3n) is 1.66. The summed E-state index contributed by atoms with van der Waals surface area (Å²) in [5.41, 5.74) is 7.17. The second kappa shape index (κ2) is 4.01. The zero-order chi connectivity index (χ0) is 9.14. The van der Waals surface area contributed by atoms with Gasteiger partial charge in [0.15, 0.2) is 0 Å². The summed E-state index contributed by atoms with van der Waals surface area (Å²) in [5.74, 6) is 0. The van der Waals surface area contributed by atoms with E-state index in [2.05, 4.69) is 6.92 Å². The molecule has 0 saturated carbocycles. The maximum atomic E-state index is 5.95. The normalized spacial score (nSPS) is 10.2. The molecule has 0 amide bonds. The summed E-state index contributed by atoms with van der Waals surface area (Å²) in [5, 5.41) is 1.34. The quantitative estimate of drug-likeness (QED) is 0.732. The van der Waals surface area contributed by atoms with Crippen molar-refractivity contribution in [3.05, 3.63) is 27.7 Å². The average Bonchev–Trinajstić information content (AvgIpc) is 1.96. The second-order valence-corrected chi connectivity index (χ2v) is 3.53. The molecule has 66 valence electrons. The lowest BCUT2D eigenvalue weighted by atomic mass is 10.1. The number of benzene rings is 1. The van der Waals surface area contributed by atoms with Gasteiger partial charge in [-0.2, -0.15) is 0 Å². The zero-order valence-corrected chi connectivity index (χ0v) is 8.41. The predicted molar refractivity (Wildman–Crippen MR) is 54.9 cm³/mol. The van der Waals surface area contributed by atoms with Gasteiger partial charge in [-0.05, 0) is 24.1 Å². The third kappa shape index (κ3) is 2.05. The molecule has 3 heteroatoms. The zero-order valence-electron chi connectivity index (χ0n) is 6.90. The van der Waals surface area contributed by atoms with Crippen LogP contribution in [-0.2, 0) is 6.42 Å². The average molecular weight is 204 g/mol. The minimum absolute atomic E-state index is 0.616. The van der Waals surface area contributed by atoms with Crippen molar-refractivity contribution >= 4 is 28.9 Å². The molecular formula is C9H11Cl2N. The van der Waals surface area contributed by atoms with Crippen LogP contribution in [0.3, 0.4) is 0 Å². The first kappa shape index (κ1) is 9.69. The van der Waals surface area contributed by atoms with Crippen LogP contribution < -0.4 is 5.73 Å². The van der Waals surface area contributed by atoms with Gasteiger partial charge in [0, 0.05) is 15.7 Å². The molecule has 0 radical (unpaired) electrons. The lowest BCUT2D eigenvalue weighted by molar-refractivity contribution is 0.922. The Morgan fingerprint density at radius 3 is 2.17 bits per heavy atom. The van der Waals surface area contributed by atoms with Crippen molar-refractivity contribution in [3.8, 4) is 0 Å². The Morgan fingerprint density at radius 2 is 1.75 bits per heavy atom. The number of nitrogens with two attached hydrogens (primary N) is 1. The van der Waals surface area contributed by atoms with Crippen molar-refractivity contribution < 1.29 is 0 Å². The van der Waals surface area contributed by atoms with Crippen molar-refractivity contribution in [2.24, 2.45) is 0 Å². The Hall–Kier alpha value is -0.400. The fourth-order valence-corrected chi connectivity index (χ4v) is 1.80. The Balaban J connectivity index is 3.10. The molecule has 0 saturated heterocycles. The highest BCUT2D eigenvalue weighted by Crippen LogP contribution is 2.28. The van der Waals surface area contributed by atoms with E-state index in [1.807, 2.05) is 0 Å². The van der Waals surface area contributed by atoms with Crippen LogP contribution in [0.2, 0.25) is 10.0 Å². The summed E-state index contributed by atoms with van der Waals surface area (Å²) in [6.07, 6.45) is 1.93. The predicted octanol–water partition coefficient (Wildman–Crippen LogP) is 3.53. The highest BCUT2D eigenvalue weighted by atomic mass is 35.5. The molecule has 1 nitrogen and oxygen atoms in total. The second-order valence-electron chi connectivity index (χ2n) is 2.71. The van der Waals surface area contributed by atoms with Gasteiger partial charge in [-0.3, -0.25) is 0 Å². The molecule has 1 aromatic carbocycles. The van der Waals surface area contributed by atoms with Crippen LogP contribution in [0.5, 0.6) is 0 Å². The van der Waals surface area contributed by atoms with E-state index in [9.17, 15) is 0 Å². The van der Waals surface area contributed by atoms with E-state index in [1.165, 1.54) is 0 Å². The van der Waals surface area contributed by atoms with Crippen LogP contribution in [0.4, 0.5) is 5.69 Å². The maximum absolute atomic E-state index is 5.95. The minimum atomic E-state index is 0.616. The summed E-state index contributed by atoms with van der Waals surface area (Å²) in [7, 11) is 0. The third-order valence-corrected chi connectivity index (χ3v) is 2.34. The van der Waals surface area contributed by atoms with Gasteiger partial charge in [-0.15, -0.1) is 0 Å². The van der Waals surface area contributed by atoms with Crippen LogP contribution in [-0.4, -0.2) is 0 Å². The number of hydrogen-bond donors (Lipinski definition) is 1. The Morgan fingerprint density at radius 1 is 1.25 bits per heavy atom. The van der Waals surface area contributed by atoms with Crippen molar-refractivity contribution in [1.82, 2.24) is 0 Å². The lowest BCUT2D eigenvalue weighted by Crippen LogP contribution is -1.91. The van der Waals surface area contributed by atoms with E-state index >= 15 is 0 Å². The van der Waals surface area contributed by atoms with Gasteiger partial charge < -0.3 is 5.73 Å².